The van der Waals surface area contributed by atoms with E-state index >= 15 is 0 Å². The summed E-state index contributed by atoms with van der Waals surface area (Å²) < 4.78 is 10.6. The average Bonchev–Trinajstić information content (AvgIpc) is 2.62. The van der Waals surface area contributed by atoms with Gasteiger partial charge in [0.25, 0.3) is 0 Å². The first-order valence-electron chi connectivity index (χ1n) is 7.96. The second-order valence-electron chi connectivity index (χ2n) is 5.92. The largest absolute Gasteiger partial charge is 0.493 e. The van der Waals surface area contributed by atoms with E-state index in [0.717, 1.165) is 11.3 Å². The predicted octanol–water partition coefficient (Wildman–Crippen LogP) is 3.09. The third-order valence-corrected chi connectivity index (χ3v) is 4.39. The first-order chi connectivity index (χ1) is 11.6. The van der Waals surface area contributed by atoms with Crippen LogP contribution in [0.15, 0.2) is 36.4 Å². The maximum atomic E-state index is 12.6. The Morgan fingerprint density at radius 1 is 1.12 bits per heavy atom. The summed E-state index contributed by atoms with van der Waals surface area (Å²) in [4.78, 5) is 12.6. The monoisotopic (exact) mass is 362 g/mol. The Kier molecular flexibility index (Phi) is 6.28. The van der Waals surface area contributed by atoms with Crippen LogP contribution in [0.2, 0.25) is 0 Å². The number of methoxy groups -OCH3 is 2. The standard InChI is InChI=1S/C19H22N2O3.ClH/c1-12-8-17(23-2)18(24-3)10-15(12)21-19(22)16-9-13-6-4-5-7-14(13)11-20-16;/h4-8,10,16,20H,9,11H2,1-3H3,(H,21,22);1H. The van der Waals surface area contributed by atoms with Gasteiger partial charge in [-0.2, -0.15) is 0 Å². The van der Waals surface area contributed by atoms with E-state index in [1.807, 2.05) is 25.1 Å². The van der Waals surface area contributed by atoms with Gasteiger partial charge in [-0.25, -0.2) is 0 Å². The SMILES string of the molecule is COc1cc(C)c(NC(=O)C2Cc3ccccc3CN2)cc1OC.Cl. The number of anilines is 1. The van der Waals surface area contributed by atoms with Crippen LogP contribution < -0.4 is 20.1 Å². The van der Waals surface area contributed by atoms with E-state index in [1.54, 1.807) is 20.3 Å². The Morgan fingerprint density at radius 3 is 2.44 bits per heavy atom. The minimum atomic E-state index is -0.243. The molecule has 1 unspecified atom stereocenters. The molecule has 2 aromatic carbocycles. The lowest BCUT2D eigenvalue weighted by Gasteiger charge is -2.25. The van der Waals surface area contributed by atoms with Gasteiger partial charge in [0.1, 0.15) is 0 Å². The summed E-state index contributed by atoms with van der Waals surface area (Å²) in [5.41, 5.74) is 4.14. The third kappa shape index (κ3) is 4.06. The number of benzene rings is 2. The first kappa shape index (κ1) is 19.1. The van der Waals surface area contributed by atoms with Gasteiger partial charge in [0.2, 0.25) is 5.91 Å². The van der Waals surface area contributed by atoms with Crippen molar-refractivity contribution in [2.45, 2.75) is 25.9 Å². The fourth-order valence-corrected chi connectivity index (χ4v) is 2.97. The van der Waals surface area contributed by atoms with Crippen molar-refractivity contribution in [1.29, 1.82) is 0 Å². The number of hydrogen-bond donors (Lipinski definition) is 2. The minimum absolute atomic E-state index is 0. The van der Waals surface area contributed by atoms with E-state index in [9.17, 15) is 4.79 Å². The fraction of sp³-hybridized carbons (Fsp3) is 0.316. The van der Waals surface area contributed by atoms with E-state index in [2.05, 4.69) is 22.8 Å². The second-order valence-corrected chi connectivity index (χ2v) is 5.92. The quantitative estimate of drug-likeness (QED) is 0.877. The van der Waals surface area contributed by atoms with Crippen LogP contribution in [0.5, 0.6) is 11.5 Å². The molecule has 1 aliphatic rings. The molecule has 0 fully saturated rings. The molecule has 5 nitrogen and oxygen atoms in total. The fourth-order valence-electron chi connectivity index (χ4n) is 2.97. The van der Waals surface area contributed by atoms with Crippen molar-refractivity contribution in [1.82, 2.24) is 5.32 Å². The van der Waals surface area contributed by atoms with Crippen molar-refractivity contribution >= 4 is 24.0 Å². The van der Waals surface area contributed by atoms with Crippen LogP contribution in [0.3, 0.4) is 0 Å². The summed E-state index contributed by atoms with van der Waals surface area (Å²) in [5.74, 6) is 1.21. The Labute approximate surface area is 154 Å². The van der Waals surface area contributed by atoms with Gasteiger partial charge in [-0.3, -0.25) is 4.79 Å². The van der Waals surface area contributed by atoms with Gasteiger partial charge in [0.15, 0.2) is 11.5 Å². The molecule has 0 saturated carbocycles. The van der Waals surface area contributed by atoms with E-state index in [0.29, 0.717) is 24.5 Å². The number of carbonyl (C=O) groups is 1. The Bertz CT molecular complexity index is 764. The Morgan fingerprint density at radius 2 is 1.76 bits per heavy atom. The van der Waals surface area contributed by atoms with Crippen LogP contribution in [-0.4, -0.2) is 26.2 Å². The molecule has 1 heterocycles. The summed E-state index contributed by atoms with van der Waals surface area (Å²) in [5, 5.41) is 6.30. The number of rotatable bonds is 4. The number of nitrogens with one attached hydrogen (secondary N) is 2. The van der Waals surface area contributed by atoms with Gasteiger partial charge in [-0.05, 0) is 36.1 Å². The zero-order valence-corrected chi connectivity index (χ0v) is 15.4. The Hall–Kier alpha value is -2.24. The van der Waals surface area contributed by atoms with E-state index in [4.69, 9.17) is 9.47 Å². The topological polar surface area (TPSA) is 59.6 Å². The van der Waals surface area contributed by atoms with E-state index in [-0.39, 0.29) is 24.4 Å². The maximum absolute atomic E-state index is 12.6. The normalized spacial score (nSPS) is 15.6. The second kappa shape index (κ2) is 8.23. The smallest absolute Gasteiger partial charge is 0.241 e. The van der Waals surface area contributed by atoms with Crippen molar-refractivity contribution in [3.63, 3.8) is 0 Å². The van der Waals surface area contributed by atoms with Crippen LogP contribution in [-0.2, 0) is 17.8 Å². The molecule has 0 bridgehead atoms. The number of amides is 1. The summed E-state index contributed by atoms with van der Waals surface area (Å²) in [6.45, 7) is 2.64. The van der Waals surface area contributed by atoms with Crippen molar-refractivity contribution in [3.05, 3.63) is 53.1 Å². The zero-order valence-electron chi connectivity index (χ0n) is 14.6. The van der Waals surface area contributed by atoms with Gasteiger partial charge in [-0.1, -0.05) is 24.3 Å². The molecule has 1 aliphatic heterocycles. The van der Waals surface area contributed by atoms with Crippen molar-refractivity contribution < 1.29 is 14.3 Å². The Balaban J connectivity index is 0.00000225. The molecule has 2 N–H and O–H groups in total. The number of ether oxygens (including phenoxy) is 2. The molecule has 1 amide bonds. The van der Waals surface area contributed by atoms with Crippen LogP contribution in [0.1, 0.15) is 16.7 Å². The lowest BCUT2D eigenvalue weighted by Crippen LogP contribution is -2.44. The molecule has 3 rings (SSSR count). The molecular weight excluding hydrogens is 340 g/mol. The summed E-state index contributed by atoms with van der Waals surface area (Å²) in [6.07, 6.45) is 0.689. The molecule has 0 radical (unpaired) electrons. The zero-order chi connectivity index (χ0) is 17.1. The predicted molar refractivity (Wildman–Crippen MR) is 101 cm³/mol. The van der Waals surface area contributed by atoms with Crippen LogP contribution in [0.25, 0.3) is 0 Å². The van der Waals surface area contributed by atoms with E-state index < -0.39 is 0 Å². The lowest BCUT2D eigenvalue weighted by molar-refractivity contribution is -0.118. The van der Waals surface area contributed by atoms with Crippen molar-refractivity contribution in [3.8, 4) is 11.5 Å². The van der Waals surface area contributed by atoms with Gasteiger partial charge >= 0.3 is 0 Å². The molecule has 1 atom stereocenters. The van der Waals surface area contributed by atoms with Crippen LogP contribution in [0.4, 0.5) is 5.69 Å². The highest BCUT2D eigenvalue weighted by molar-refractivity contribution is 5.96. The lowest BCUT2D eigenvalue weighted by atomic mass is 9.95. The number of hydrogen-bond acceptors (Lipinski definition) is 4. The van der Waals surface area contributed by atoms with Crippen LogP contribution >= 0.6 is 12.4 Å². The van der Waals surface area contributed by atoms with Gasteiger partial charge in [-0.15, -0.1) is 12.4 Å². The molecule has 0 aliphatic carbocycles. The summed E-state index contributed by atoms with van der Waals surface area (Å²) >= 11 is 0. The average molecular weight is 363 g/mol. The number of fused-ring (bicyclic) bond motifs is 1. The summed E-state index contributed by atoms with van der Waals surface area (Å²) in [6, 6.07) is 11.6. The van der Waals surface area contributed by atoms with Crippen molar-refractivity contribution in [2.75, 3.05) is 19.5 Å². The summed E-state index contributed by atoms with van der Waals surface area (Å²) in [7, 11) is 3.18. The van der Waals surface area contributed by atoms with Gasteiger partial charge in [0, 0.05) is 18.3 Å². The highest BCUT2D eigenvalue weighted by Crippen LogP contribution is 2.33. The molecular formula is C19H23ClN2O3. The highest BCUT2D eigenvalue weighted by Gasteiger charge is 2.24. The highest BCUT2D eigenvalue weighted by atomic mass is 35.5. The first-order valence-corrected chi connectivity index (χ1v) is 7.96. The number of halogens is 1. The number of aryl methyl sites for hydroxylation is 1. The van der Waals surface area contributed by atoms with Crippen molar-refractivity contribution in [2.24, 2.45) is 0 Å². The van der Waals surface area contributed by atoms with E-state index in [1.165, 1.54) is 11.1 Å². The third-order valence-electron chi connectivity index (χ3n) is 4.39. The minimum Gasteiger partial charge on any atom is -0.493 e. The molecule has 25 heavy (non-hydrogen) atoms. The molecule has 6 heteroatoms. The van der Waals surface area contributed by atoms with Crippen LogP contribution in [0, 0.1) is 6.92 Å². The van der Waals surface area contributed by atoms with Gasteiger partial charge < -0.3 is 20.1 Å². The maximum Gasteiger partial charge on any atom is 0.241 e. The van der Waals surface area contributed by atoms with Gasteiger partial charge in [0.05, 0.1) is 20.3 Å². The molecule has 134 valence electrons. The number of carbonyl (C=O) groups excluding carboxylic acids is 1. The molecule has 2 aromatic rings. The molecule has 0 aromatic heterocycles. The molecule has 0 saturated heterocycles. The molecule has 0 spiro atoms.